The molecule has 1 saturated carbocycles. The number of nitrogens with zero attached hydrogens (tertiary/aromatic N) is 1. The molecule has 0 radical (unpaired) electrons. The number of hydrogen-bond donors (Lipinski definition) is 4. The smallest absolute Gasteiger partial charge is 0.255 e. The summed E-state index contributed by atoms with van der Waals surface area (Å²) in [6, 6.07) is 9.77. The van der Waals surface area contributed by atoms with Crippen LogP contribution in [0.2, 0.25) is 5.02 Å². The summed E-state index contributed by atoms with van der Waals surface area (Å²) < 4.78 is 12.1. The number of rotatable bonds is 7. The molecule has 1 aliphatic carbocycles. The van der Waals surface area contributed by atoms with Gasteiger partial charge in [0.1, 0.15) is 35.6 Å². The van der Waals surface area contributed by atoms with E-state index in [-0.39, 0.29) is 41.2 Å². The van der Waals surface area contributed by atoms with E-state index in [9.17, 15) is 20.1 Å². The second kappa shape index (κ2) is 11.1. The quantitative estimate of drug-likeness (QED) is 0.434. The molecule has 0 aromatic heterocycles. The van der Waals surface area contributed by atoms with E-state index in [4.69, 9.17) is 21.1 Å². The Morgan fingerprint density at radius 2 is 1.97 bits per heavy atom. The Hall–Kier alpha value is -2.52. The predicted molar refractivity (Wildman–Crippen MR) is 140 cm³/mol. The lowest BCUT2D eigenvalue weighted by atomic mass is 9.87. The number of likely N-dealkylation sites (tertiary alicyclic amines) is 1. The van der Waals surface area contributed by atoms with Crippen molar-refractivity contribution in [2.75, 3.05) is 26.2 Å². The van der Waals surface area contributed by atoms with E-state index in [1.54, 1.807) is 0 Å². The van der Waals surface area contributed by atoms with Crippen molar-refractivity contribution in [3.63, 3.8) is 0 Å². The zero-order valence-electron chi connectivity index (χ0n) is 20.9. The average molecular weight is 531 g/mol. The van der Waals surface area contributed by atoms with Crippen molar-refractivity contribution < 1.29 is 29.6 Å². The highest BCUT2D eigenvalue weighted by molar-refractivity contribution is 6.30. The molecule has 8 nitrogen and oxygen atoms in total. The first-order chi connectivity index (χ1) is 17.8. The molecule has 2 fully saturated rings. The second-order valence-electron chi connectivity index (χ2n) is 10.6. The number of aliphatic hydroxyl groups excluding tert-OH is 2. The van der Waals surface area contributed by atoms with Crippen molar-refractivity contribution in [3.8, 4) is 17.2 Å². The molecule has 3 atom stereocenters. The standard InChI is InChI=1S/C28H35ClN2O6/c29-19-5-8-25-18(13-19)15-28(37-25)9-11-31(12-10-28)16-21(33)17-36-26-14-20(32)6-7-22(26)27(35)30-23-3-1-2-4-24(23)34/h5-8,13-14,21,23-24,32-34H,1-4,9-12,15-17H2,(H,30,35)/t21-,23?,24?/m1/s1. The van der Waals surface area contributed by atoms with E-state index in [0.717, 1.165) is 68.0 Å². The van der Waals surface area contributed by atoms with Gasteiger partial charge in [0.25, 0.3) is 5.91 Å². The van der Waals surface area contributed by atoms with Crippen LogP contribution in [0.15, 0.2) is 36.4 Å². The first kappa shape index (κ1) is 26.1. The Balaban J connectivity index is 1.12. The number of β-amino-alcohol motifs (C(OH)–C–C–N with tert-alkyl or cyclic N) is 1. The number of benzene rings is 2. The van der Waals surface area contributed by atoms with Gasteiger partial charge >= 0.3 is 0 Å². The molecule has 0 bridgehead atoms. The van der Waals surface area contributed by atoms with Crippen molar-refractivity contribution in [3.05, 3.63) is 52.5 Å². The van der Waals surface area contributed by atoms with Gasteiger partial charge in [-0.15, -0.1) is 0 Å². The number of ether oxygens (including phenoxy) is 2. The van der Waals surface area contributed by atoms with Gasteiger partial charge in [-0.1, -0.05) is 24.4 Å². The zero-order chi connectivity index (χ0) is 26.0. The SMILES string of the molecule is O=C(NC1CCCCC1O)c1ccc(O)cc1OC[C@H](O)CN1CCC2(CC1)Cc1cc(Cl)ccc1O2. The van der Waals surface area contributed by atoms with Crippen LogP contribution in [0.3, 0.4) is 0 Å². The molecule has 2 aromatic rings. The van der Waals surface area contributed by atoms with Crippen molar-refractivity contribution in [1.82, 2.24) is 10.2 Å². The molecule has 200 valence electrons. The summed E-state index contributed by atoms with van der Waals surface area (Å²) in [5, 5.41) is 34.4. The van der Waals surface area contributed by atoms with E-state index in [1.807, 2.05) is 18.2 Å². The largest absolute Gasteiger partial charge is 0.508 e. The number of phenols is 1. The fraction of sp³-hybridized carbons (Fsp3) is 0.536. The summed E-state index contributed by atoms with van der Waals surface area (Å²) in [7, 11) is 0. The third-order valence-corrected chi connectivity index (χ3v) is 8.02. The van der Waals surface area contributed by atoms with Crippen LogP contribution in [0.1, 0.15) is 54.4 Å². The number of halogens is 1. The van der Waals surface area contributed by atoms with Crippen LogP contribution in [0, 0.1) is 0 Å². The molecule has 2 unspecified atom stereocenters. The van der Waals surface area contributed by atoms with Gasteiger partial charge in [-0.05, 0) is 48.7 Å². The van der Waals surface area contributed by atoms with E-state index < -0.39 is 12.2 Å². The highest BCUT2D eigenvalue weighted by Gasteiger charge is 2.42. The van der Waals surface area contributed by atoms with Crippen molar-refractivity contribution in [2.45, 2.75) is 68.8 Å². The van der Waals surface area contributed by atoms with Crippen LogP contribution < -0.4 is 14.8 Å². The van der Waals surface area contributed by atoms with E-state index in [1.165, 1.54) is 18.2 Å². The van der Waals surface area contributed by atoms with Gasteiger partial charge in [-0.2, -0.15) is 0 Å². The predicted octanol–water partition coefficient (Wildman–Crippen LogP) is 3.29. The molecule has 37 heavy (non-hydrogen) atoms. The van der Waals surface area contributed by atoms with Crippen molar-refractivity contribution in [2.24, 2.45) is 0 Å². The van der Waals surface area contributed by atoms with Crippen LogP contribution in [0.4, 0.5) is 0 Å². The molecular formula is C28H35ClN2O6. The Kier molecular flexibility index (Phi) is 7.81. The van der Waals surface area contributed by atoms with Crippen LogP contribution in [0.25, 0.3) is 0 Å². The third-order valence-electron chi connectivity index (χ3n) is 7.78. The molecule has 1 spiro atoms. The molecule has 5 rings (SSSR count). The van der Waals surface area contributed by atoms with E-state index >= 15 is 0 Å². The molecule has 2 aliphatic heterocycles. The number of aromatic hydroxyl groups is 1. The van der Waals surface area contributed by atoms with Crippen LogP contribution >= 0.6 is 11.6 Å². The molecule has 1 saturated heterocycles. The van der Waals surface area contributed by atoms with Crippen molar-refractivity contribution >= 4 is 17.5 Å². The minimum Gasteiger partial charge on any atom is -0.508 e. The fourth-order valence-electron chi connectivity index (χ4n) is 5.70. The molecule has 2 aromatic carbocycles. The zero-order valence-corrected chi connectivity index (χ0v) is 21.6. The van der Waals surface area contributed by atoms with Gasteiger partial charge in [-0.3, -0.25) is 4.79 Å². The summed E-state index contributed by atoms with van der Waals surface area (Å²) in [5.74, 6) is 0.722. The fourth-order valence-corrected chi connectivity index (χ4v) is 5.90. The number of nitrogens with one attached hydrogen (secondary N) is 1. The molecule has 2 heterocycles. The van der Waals surface area contributed by atoms with Gasteiger partial charge in [0.05, 0.1) is 17.7 Å². The normalized spacial score (nSPS) is 23.8. The first-order valence-electron chi connectivity index (χ1n) is 13.1. The number of aliphatic hydroxyl groups is 2. The second-order valence-corrected chi connectivity index (χ2v) is 11.0. The Morgan fingerprint density at radius 1 is 1.19 bits per heavy atom. The number of hydrogen-bond acceptors (Lipinski definition) is 7. The van der Waals surface area contributed by atoms with Gasteiger partial charge in [-0.25, -0.2) is 0 Å². The summed E-state index contributed by atoms with van der Waals surface area (Å²) in [6.45, 7) is 2.01. The van der Waals surface area contributed by atoms with Gasteiger partial charge in [0, 0.05) is 50.0 Å². The number of amides is 1. The maximum absolute atomic E-state index is 12.9. The molecule has 3 aliphatic rings. The summed E-state index contributed by atoms with van der Waals surface area (Å²) in [4.78, 5) is 15.1. The van der Waals surface area contributed by atoms with Gasteiger partial charge in [0.2, 0.25) is 0 Å². The molecule has 9 heteroatoms. The first-order valence-corrected chi connectivity index (χ1v) is 13.5. The lowest BCUT2D eigenvalue weighted by Crippen LogP contribution is -2.49. The topological polar surface area (TPSA) is 111 Å². The van der Waals surface area contributed by atoms with E-state index in [0.29, 0.717) is 13.0 Å². The minimum absolute atomic E-state index is 0.0160. The van der Waals surface area contributed by atoms with Crippen LogP contribution in [-0.4, -0.2) is 76.2 Å². The highest BCUT2D eigenvalue weighted by Crippen LogP contribution is 2.42. The Morgan fingerprint density at radius 3 is 2.76 bits per heavy atom. The summed E-state index contributed by atoms with van der Waals surface area (Å²) in [5.41, 5.74) is 1.21. The summed E-state index contributed by atoms with van der Waals surface area (Å²) >= 11 is 6.14. The van der Waals surface area contributed by atoms with Gasteiger partial charge < -0.3 is 35.0 Å². The van der Waals surface area contributed by atoms with Crippen LogP contribution in [-0.2, 0) is 6.42 Å². The highest BCUT2D eigenvalue weighted by atomic mass is 35.5. The number of fused-ring (bicyclic) bond motifs is 1. The van der Waals surface area contributed by atoms with Crippen molar-refractivity contribution in [1.29, 1.82) is 0 Å². The van der Waals surface area contributed by atoms with Crippen LogP contribution in [0.5, 0.6) is 17.2 Å². The third kappa shape index (κ3) is 6.14. The van der Waals surface area contributed by atoms with E-state index in [2.05, 4.69) is 10.2 Å². The number of carbonyl (C=O) groups is 1. The molecular weight excluding hydrogens is 496 g/mol. The Bertz CT molecular complexity index is 1120. The monoisotopic (exact) mass is 530 g/mol. The van der Waals surface area contributed by atoms with Gasteiger partial charge in [0.15, 0.2) is 0 Å². The maximum Gasteiger partial charge on any atom is 0.255 e. The average Bonchev–Trinajstić information content (AvgIpc) is 3.22. The molecule has 1 amide bonds. The summed E-state index contributed by atoms with van der Waals surface area (Å²) in [6.07, 6.45) is 4.53. The number of piperidine rings is 1. The minimum atomic E-state index is -0.770. The lowest BCUT2D eigenvalue weighted by molar-refractivity contribution is -0.00201. The molecule has 4 N–H and O–H groups in total. The Labute approximate surface area is 222 Å². The maximum atomic E-state index is 12.9. The lowest BCUT2D eigenvalue weighted by Gasteiger charge is -2.39. The number of phenolic OH excluding ortho intramolecular Hbond substituents is 1. The number of carbonyl (C=O) groups excluding carboxylic acids is 1.